The Labute approximate surface area is 146 Å². The average molecular weight is 404 g/mol. The van der Waals surface area contributed by atoms with E-state index in [1.807, 2.05) is 0 Å². The van der Waals surface area contributed by atoms with Crippen molar-refractivity contribution in [2.75, 3.05) is 27.7 Å². The van der Waals surface area contributed by atoms with Crippen LogP contribution in [0.15, 0.2) is 29.3 Å². The van der Waals surface area contributed by atoms with Gasteiger partial charge in [0.05, 0.1) is 0 Å². The third-order valence-corrected chi connectivity index (χ3v) is 3.83. The molecule has 0 bridgehead atoms. The lowest BCUT2D eigenvalue weighted by atomic mass is 10.0. The van der Waals surface area contributed by atoms with E-state index in [0.717, 1.165) is 19.0 Å². The van der Waals surface area contributed by atoms with Gasteiger partial charge in [-0.3, -0.25) is 4.99 Å². The minimum atomic E-state index is 0. The Morgan fingerprint density at radius 3 is 2.33 bits per heavy atom. The van der Waals surface area contributed by atoms with Crippen molar-refractivity contribution in [1.82, 2.24) is 15.5 Å². The number of hydrogen-bond donors (Lipinski definition) is 2. The van der Waals surface area contributed by atoms with Crippen molar-refractivity contribution in [2.24, 2.45) is 4.99 Å². The van der Waals surface area contributed by atoms with Crippen molar-refractivity contribution in [3.63, 3.8) is 0 Å². The maximum atomic E-state index is 4.27. The second kappa shape index (κ2) is 9.25. The number of aliphatic imine (C=N–C) groups is 1. The minimum absolute atomic E-state index is 0. The van der Waals surface area contributed by atoms with Crippen LogP contribution in [-0.2, 0) is 6.54 Å². The van der Waals surface area contributed by atoms with E-state index in [4.69, 9.17) is 0 Å². The van der Waals surface area contributed by atoms with Crippen LogP contribution in [0.25, 0.3) is 0 Å². The van der Waals surface area contributed by atoms with E-state index in [9.17, 15) is 0 Å². The molecule has 0 atom stereocenters. The van der Waals surface area contributed by atoms with Gasteiger partial charge in [-0.25, -0.2) is 0 Å². The summed E-state index contributed by atoms with van der Waals surface area (Å²) in [5.74, 6) is 0.836. The first-order chi connectivity index (χ1) is 9.36. The molecule has 1 rings (SSSR count). The lowest BCUT2D eigenvalue weighted by Gasteiger charge is -2.33. The van der Waals surface area contributed by atoms with Crippen LogP contribution >= 0.6 is 24.0 Å². The third kappa shape index (κ3) is 6.65. The van der Waals surface area contributed by atoms with Gasteiger partial charge in [-0.05, 0) is 46.0 Å². The first kappa shape index (κ1) is 20.2. The van der Waals surface area contributed by atoms with Gasteiger partial charge in [0.2, 0.25) is 0 Å². The first-order valence-electron chi connectivity index (χ1n) is 7.03. The number of nitrogens with one attached hydrogen (secondary N) is 2. The first-order valence-corrected chi connectivity index (χ1v) is 7.03. The highest BCUT2D eigenvalue weighted by molar-refractivity contribution is 14.0. The molecule has 0 heterocycles. The van der Waals surface area contributed by atoms with Crippen molar-refractivity contribution >= 4 is 29.9 Å². The standard InChI is InChI=1S/C16H28N4.HI/c1-13-9-7-8-10-14(13)11-18-15(17-4)19-12-16(2,3)20(5)6;/h7-10H,11-12H2,1-6H3,(H2,17,18,19);1H. The molecule has 0 fully saturated rings. The van der Waals surface area contributed by atoms with Gasteiger partial charge < -0.3 is 15.5 Å². The van der Waals surface area contributed by atoms with Crippen LogP contribution in [0.3, 0.4) is 0 Å². The van der Waals surface area contributed by atoms with E-state index in [0.29, 0.717) is 0 Å². The maximum Gasteiger partial charge on any atom is 0.191 e. The molecule has 1 aromatic rings. The number of aryl methyl sites for hydroxylation is 1. The van der Waals surface area contributed by atoms with E-state index >= 15 is 0 Å². The molecule has 0 aliphatic heterocycles. The Morgan fingerprint density at radius 2 is 1.81 bits per heavy atom. The Morgan fingerprint density at radius 1 is 1.19 bits per heavy atom. The molecule has 0 amide bonds. The fraction of sp³-hybridized carbons (Fsp3) is 0.562. The fourth-order valence-corrected chi connectivity index (χ4v) is 1.67. The number of halogens is 1. The molecule has 5 heteroatoms. The summed E-state index contributed by atoms with van der Waals surface area (Å²) in [6.45, 7) is 8.16. The lowest BCUT2D eigenvalue weighted by molar-refractivity contribution is 0.197. The van der Waals surface area contributed by atoms with Gasteiger partial charge in [-0.1, -0.05) is 24.3 Å². The van der Waals surface area contributed by atoms with Gasteiger partial charge in [0.25, 0.3) is 0 Å². The highest BCUT2D eigenvalue weighted by Gasteiger charge is 2.20. The van der Waals surface area contributed by atoms with E-state index in [-0.39, 0.29) is 29.5 Å². The van der Waals surface area contributed by atoms with Crippen molar-refractivity contribution in [2.45, 2.75) is 32.9 Å². The predicted octanol–water partition coefficient (Wildman–Crippen LogP) is 2.62. The molecule has 0 radical (unpaired) electrons. The Balaban J connectivity index is 0.00000400. The van der Waals surface area contributed by atoms with Crippen LogP contribution in [0.2, 0.25) is 0 Å². The molecular weight excluding hydrogens is 375 g/mol. The molecule has 0 saturated carbocycles. The zero-order valence-corrected chi connectivity index (χ0v) is 16.4. The van der Waals surface area contributed by atoms with Crippen molar-refractivity contribution < 1.29 is 0 Å². The number of hydrogen-bond acceptors (Lipinski definition) is 2. The van der Waals surface area contributed by atoms with Crippen molar-refractivity contribution in [3.8, 4) is 0 Å². The van der Waals surface area contributed by atoms with Crippen molar-refractivity contribution in [3.05, 3.63) is 35.4 Å². The van der Waals surface area contributed by atoms with Gasteiger partial charge in [0.1, 0.15) is 0 Å². The number of rotatable bonds is 5. The quantitative estimate of drug-likeness (QED) is 0.450. The Hall–Kier alpha value is -0.820. The third-order valence-electron chi connectivity index (χ3n) is 3.83. The molecule has 0 saturated heterocycles. The number of benzene rings is 1. The molecule has 0 unspecified atom stereocenters. The van der Waals surface area contributed by atoms with E-state index in [1.165, 1.54) is 11.1 Å². The summed E-state index contributed by atoms with van der Waals surface area (Å²) >= 11 is 0. The largest absolute Gasteiger partial charge is 0.355 e. The highest BCUT2D eigenvalue weighted by Crippen LogP contribution is 2.08. The Kier molecular flexibility index (Phi) is 8.89. The maximum absolute atomic E-state index is 4.27. The van der Waals surface area contributed by atoms with Crippen LogP contribution < -0.4 is 10.6 Å². The number of likely N-dealkylation sites (N-methyl/N-ethyl adjacent to an activating group) is 1. The molecule has 0 aliphatic rings. The predicted molar refractivity (Wildman–Crippen MR) is 103 cm³/mol. The van der Waals surface area contributed by atoms with Crippen LogP contribution in [0.1, 0.15) is 25.0 Å². The summed E-state index contributed by atoms with van der Waals surface area (Å²) in [7, 11) is 5.98. The van der Waals surface area contributed by atoms with E-state index in [2.05, 4.69) is 79.7 Å². The van der Waals surface area contributed by atoms with Gasteiger partial charge >= 0.3 is 0 Å². The summed E-state index contributed by atoms with van der Waals surface area (Å²) in [6.07, 6.45) is 0. The average Bonchev–Trinajstić information content (AvgIpc) is 2.40. The molecule has 2 N–H and O–H groups in total. The van der Waals surface area contributed by atoms with Crippen LogP contribution in [0.4, 0.5) is 0 Å². The number of guanidine groups is 1. The second-order valence-corrected chi connectivity index (χ2v) is 5.91. The molecular formula is C16H29IN4. The van der Waals surface area contributed by atoms with Crippen LogP contribution in [0.5, 0.6) is 0 Å². The van der Waals surface area contributed by atoms with E-state index in [1.54, 1.807) is 7.05 Å². The molecule has 1 aromatic carbocycles. The second-order valence-electron chi connectivity index (χ2n) is 5.91. The summed E-state index contributed by atoms with van der Waals surface area (Å²) in [5.41, 5.74) is 2.67. The summed E-state index contributed by atoms with van der Waals surface area (Å²) in [5, 5.41) is 6.74. The topological polar surface area (TPSA) is 39.7 Å². The smallest absolute Gasteiger partial charge is 0.191 e. The monoisotopic (exact) mass is 404 g/mol. The van der Waals surface area contributed by atoms with Gasteiger partial charge in [-0.2, -0.15) is 0 Å². The van der Waals surface area contributed by atoms with Gasteiger partial charge in [-0.15, -0.1) is 24.0 Å². The summed E-state index contributed by atoms with van der Waals surface area (Å²) < 4.78 is 0. The molecule has 21 heavy (non-hydrogen) atoms. The SMILES string of the molecule is CN=C(NCc1ccccc1C)NCC(C)(C)N(C)C.I. The molecule has 120 valence electrons. The minimum Gasteiger partial charge on any atom is -0.355 e. The van der Waals surface area contributed by atoms with Gasteiger partial charge in [0, 0.05) is 25.7 Å². The molecule has 0 spiro atoms. The number of nitrogens with zero attached hydrogens (tertiary/aromatic N) is 2. The Bertz CT molecular complexity index is 455. The molecule has 4 nitrogen and oxygen atoms in total. The normalized spacial score (nSPS) is 12.0. The zero-order chi connectivity index (χ0) is 15.2. The van der Waals surface area contributed by atoms with E-state index < -0.39 is 0 Å². The summed E-state index contributed by atoms with van der Waals surface area (Å²) in [6, 6.07) is 8.39. The van der Waals surface area contributed by atoms with Crippen LogP contribution in [-0.4, -0.2) is 44.1 Å². The summed E-state index contributed by atoms with van der Waals surface area (Å²) in [4.78, 5) is 6.47. The van der Waals surface area contributed by atoms with Crippen molar-refractivity contribution in [1.29, 1.82) is 0 Å². The zero-order valence-electron chi connectivity index (χ0n) is 14.0. The fourth-order valence-electron chi connectivity index (χ4n) is 1.67. The molecule has 0 aromatic heterocycles. The lowest BCUT2D eigenvalue weighted by Crippen LogP contribution is -2.50. The molecule has 0 aliphatic carbocycles. The van der Waals surface area contributed by atoms with Gasteiger partial charge in [0.15, 0.2) is 5.96 Å². The van der Waals surface area contributed by atoms with Crippen LogP contribution in [0, 0.1) is 6.92 Å². The highest BCUT2D eigenvalue weighted by atomic mass is 127.